The van der Waals surface area contributed by atoms with Crippen LogP contribution in [-0.2, 0) is 22.5 Å². The van der Waals surface area contributed by atoms with Gasteiger partial charge in [0.2, 0.25) is 0 Å². The van der Waals surface area contributed by atoms with Crippen LogP contribution >= 0.6 is 0 Å². The van der Waals surface area contributed by atoms with E-state index in [9.17, 15) is 4.79 Å². The number of H-pyrrole nitrogens is 1. The van der Waals surface area contributed by atoms with Gasteiger partial charge in [-0.3, -0.25) is 0 Å². The van der Waals surface area contributed by atoms with E-state index in [2.05, 4.69) is 23.1 Å². The molecule has 18 heavy (non-hydrogen) atoms. The van der Waals surface area contributed by atoms with Crippen molar-refractivity contribution in [3.8, 4) is 0 Å². The van der Waals surface area contributed by atoms with Crippen LogP contribution in [0.2, 0.25) is 0 Å². The molecule has 0 aliphatic carbocycles. The maximum Gasteiger partial charge on any atom is 0.333 e. The summed E-state index contributed by atoms with van der Waals surface area (Å²) in [7, 11) is 0. The van der Waals surface area contributed by atoms with Gasteiger partial charge in [0.1, 0.15) is 19.0 Å². The van der Waals surface area contributed by atoms with Crippen molar-refractivity contribution in [2.45, 2.75) is 39.7 Å². The van der Waals surface area contributed by atoms with Gasteiger partial charge in [0.15, 0.2) is 0 Å². The standard InChI is InChI=1S/C13H20N2O2.BrH/c1-4-5-8-15-9-7-14-12(15)6-10-17-13(16)11(2)3;/h7,9H,2,4-6,8,10H2,1,3H3;1H. The first kappa shape index (κ1) is 16.9. The molecule has 102 valence electrons. The molecule has 0 aliphatic rings. The van der Waals surface area contributed by atoms with Crippen LogP contribution in [0.5, 0.6) is 0 Å². The van der Waals surface area contributed by atoms with Crippen LogP contribution in [0.15, 0.2) is 24.5 Å². The molecule has 1 aromatic rings. The summed E-state index contributed by atoms with van der Waals surface area (Å²) >= 11 is 0. The number of unbranched alkanes of at least 4 members (excludes halogenated alkanes) is 1. The highest BCUT2D eigenvalue weighted by atomic mass is 79.9. The van der Waals surface area contributed by atoms with Crippen molar-refractivity contribution in [1.29, 1.82) is 0 Å². The third kappa shape index (κ3) is 5.49. The Balaban J connectivity index is 0.00000289. The number of nitrogens with zero attached hydrogens (tertiary/aromatic N) is 1. The third-order valence-corrected chi connectivity index (χ3v) is 2.52. The molecule has 0 aliphatic heterocycles. The third-order valence-electron chi connectivity index (χ3n) is 2.52. The van der Waals surface area contributed by atoms with Gasteiger partial charge in [-0.2, -0.15) is 0 Å². The number of aromatic amines is 1. The zero-order valence-corrected chi connectivity index (χ0v) is 12.6. The quantitative estimate of drug-likeness (QED) is 0.389. The normalized spacial score (nSPS) is 9.67. The second-order valence-electron chi connectivity index (χ2n) is 4.12. The van der Waals surface area contributed by atoms with E-state index in [4.69, 9.17) is 4.74 Å². The molecular weight excluding hydrogens is 296 g/mol. The predicted octanol–water partition coefficient (Wildman–Crippen LogP) is -1.23. The molecule has 4 nitrogen and oxygen atoms in total. The Bertz CT molecular complexity index is 388. The first-order valence-corrected chi connectivity index (χ1v) is 6.03. The number of carbonyl (C=O) groups is 1. The van der Waals surface area contributed by atoms with Crippen molar-refractivity contribution in [3.63, 3.8) is 0 Å². The Morgan fingerprint density at radius 3 is 2.89 bits per heavy atom. The fourth-order valence-corrected chi connectivity index (χ4v) is 1.51. The van der Waals surface area contributed by atoms with Crippen LogP contribution in [0.1, 0.15) is 32.5 Å². The monoisotopic (exact) mass is 316 g/mol. The minimum Gasteiger partial charge on any atom is -1.00 e. The summed E-state index contributed by atoms with van der Waals surface area (Å²) < 4.78 is 7.23. The zero-order chi connectivity index (χ0) is 12.7. The first-order chi connectivity index (χ1) is 8.15. The van der Waals surface area contributed by atoms with Crippen LogP contribution in [0.25, 0.3) is 0 Å². The van der Waals surface area contributed by atoms with Crippen LogP contribution in [0.3, 0.4) is 0 Å². The number of nitrogens with one attached hydrogen (secondary N) is 1. The fraction of sp³-hybridized carbons (Fsp3) is 0.538. The molecule has 1 N–H and O–H groups in total. The lowest BCUT2D eigenvalue weighted by atomic mass is 10.3. The maximum atomic E-state index is 11.2. The van der Waals surface area contributed by atoms with Crippen molar-refractivity contribution < 1.29 is 31.1 Å². The SMILES string of the molecule is C=C(C)C(=O)OCCc1[nH]cc[n+]1CCCC.[Br-]. The van der Waals surface area contributed by atoms with Gasteiger partial charge < -0.3 is 21.7 Å². The summed E-state index contributed by atoms with van der Waals surface area (Å²) in [4.78, 5) is 14.4. The highest BCUT2D eigenvalue weighted by Gasteiger charge is 2.11. The molecule has 1 rings (SSSR count). The molecule has 0 saturated heterocycles. The molecule has 0 unspecified atom stereocenters. The van der Waals surface area contributed by atoms with E-state index in [0.29, 0.717) is 18.6 Å². The van der Waals surface area contributed by atoms with E-state index in [1.165, 1.54) is 6.42 Å². The summed E-state index contributed by atoms with van der Waals surface area (Å²) in [5, 5.41) is 0. The molecule has 0 amide bonds. The van der Waals surface area contributed by atoms with Crippen molar-refractivity contribution in [2.75, 3.05) is 6.61 Å². The van der Waals surface area contributed by atoms with Gasteiger partial charge in [0.05, 0.1) is 13.0 Å². The minimum absolute atomic E-state index is 0. The number of hydrogen-bond acceptors (Lipinski definition) is 2. The van der Waals surface area contributed by atoms with Crippen molar-refractivity contribution in [2.24, 2.45) is 0 Å². The van der Waals surface area contributed by atoms with Gasteiger partial charge in [-0.1, -0.05) is 19.9 Å². The summed E-state index contributed by atoms with van der Waals surface area (Å²) in [5.74, 6) is 0.768. The average molecular weight is 317 g/mol. The summed E-state index contributed by atoms with van der Waals surface area (Å²) in [6.45, 7) is 8.75. The molecule has 0 bridgehead atoms. The van der Waals surface area contributed by atoms with Gasteiger partial charge in [-0.15, -0.1) is 0 Å². The largest absolute Gasteiger partial charge is 1.00 e. The van der Waals surface area contributed by atoms with E-state index in [1.807, 2.05) is 12.4 Å². The Morgan fingerprint density at radius 1 is 1.56 bits per heavy atom. The van der Waals surface area contributed by atoms with E-state index in [0.717, 1.165) is 18.8 Å². The average Bonchev–Trinajstić information content (AvgIpc) is 2.73. The predicted molar refractivity (Wildman–Crippen MR) is 65.4 cm³/mol. The molecule has 0 atom stereocenters. The molecule has 5 heteroatoms. The van der Waals surface area contributed by atoms with Gasteiger partial charge in [0, 0.05) is 5.57 Å². The summed E-state index contributed by atoms with van der Waals surface area (Å²) in [5.41, 5.74) is 0.440. The van der Waals surface area contributed by atoms with Gasteiger partial charge in [0.25, 0.3) is 5.82 Å². The molecular formula is C13H21BrN2O2. The molecule has 0 radical (unpaired) electrons. The Kier molecular flexibility index (Phi) is 8.37. The lowest BCUT2D eigenvalue weighted by Gasteiger charge is -2.03. The number of carbonyl (C=O) groups excluding carboxylic acids is 1. The molecule has 1 heterocycles. The Hall–Kier alpha value is -1.10. The number of aromatic nitrogens is 2. The second kappa shape index (κ2) is 8.91. The number of rotatable bonds is 7. The van der Waals surface area contributed by atoms with Crippen LogP contribution in [0.4, 0.5) is 0 Å². The minimum atomic E-state index is -0.323. The molecule has 0 spiro atoms. The summed E-state index contributed by atoms with van der Waals surface area (Å²) in [6.07, 6.45) is 6.95. The molecule has 0 saturated carbocycles. The van der Waals surface area contributed by atoms with Crippen LogP contribution in [0, 0.1) is 0 Å². The van der Waals surface area contributed by atoms with E-state index in [1.54, 1.807) is 6.92 Å². The number of esters is 1. The van der Waals surface area contributed by atoms with E-state index in [-0.39, 0.29) is 23.0 Å². The number of aryl methyl sites for hydroxylation is 1. The maximum absolute atomic E-state index is 11.2. The second-order valence-corrected chi connectivity index (χ2v) is 4.12. The Labute approximate surface area is 119 Å². The highest BCUT2D eigenvalue weighted by molar-refractivity contribution is 5.86. The molecule has 0 aromatic carbocycles. The summed E-state index contributed by atoms with van der Waals surface area (Å²) in [6, 6.07) is 0. The van der Waals surface area contributed by atoms with Crippen molar-refractivity contribution in [1.82, 2.24) is 4.98 Å². The van der Waals surface area contributed by atoms with E-state index < -0.39 is 0 Å². The van der Waals surface area contributed by atoms with Crippen LogP contribution < -0.4 is 21.5 Å². The fourth-order valence-electron chi connectivity index (χ4n) is 1.51. The first-order valence-electron chi connectivity index (χ1n) is 6.03. The number of halogens is 1. The lowest BCUT2D eigenvalue weighted by Crippen LogP contribution is -3.00. The molecule has 1 aromatic heterocycles. The number of hydrogen-bond donors (Lipinski definition) is 1. The Morgan fingerprint density at radius 2 is 2.28 bits per heavy atom. The zero-order valence-electron chi connectivity index (χ0n) is 11.0. The van der Waals surface area contributed by atoms with Gasteiger partial charge in [-0.25, -0.2) is 14.3 Å². The molecule has 0 fully saturated rings. The topological polar surface area (TPSA) is 46.0 Å². The number of imidazole rings is 1. The van der Waals surface area contributed by atoms with Crippen LogP contribution in [-0.4, -0.2) is 17.6 Å². The van der Waals surface area contributed by atoms with Gasteiger partial charge in [-0.05, 0) is 13.3 Å². The smallest absolute Gasteiger partial charge is 0.333 e. The highest BCUT2D eigenvalue weighted by Crippen LogP contribution is 1.96. The van der Waals surface area contributed by atoms with Gasteiger partial charge >= 0.3 is 5.97 Å². The lowest BCUT2D eigenvalue weighted by molar-refractivity contribution is -0.703. The van der Waals surface area contributed by atoms with Crippen molar-refractivity contribution in [3.05, 3.63) is 30.4 Å². The number of ether oxygens (including phenoxy) is 1. The van der Waals surface area contributed by atoms with Crippen molar-refractivity contribution >= 4 is 5.97 Å². The van der Waals surface area contributed by atoms with E-state index >= 15 is 0 Å².